The number of rotatable bonds is 9. The Bertz CT molecular complexity index is 876. The molecule has 2 atom stereocenters. The summed E-state index contributed by atoms with van der Waals surface area (Å²) in [5.74, 6) is -0.972. The van der Waals surface area contributed by atoms with Crippen molar-refractivity contribution < 1.29 is 13.2 Å². The van der Waals surface area contributed by atoms with Crippen molar-refractivity contribution >= 4 is 15.9 Å². The fourth-order valence-corrected chi connectivity index (χ4v) is 4.22. The van der Waals surface area contributed by atoms with Gasteiger partial charge in [-0.2, -0.15) is 0 Å². The fourth-order valence-electron chi connectivity index (χ4n) is 3.74. The first kappa shape index (κ1) is 23.0. The van der Waals surface area contributed by atoms with Crippen LogP contribution in [0.2, 0.25) is 0 Å². The van der Waals surface area contributed by atoms with Crippen molar-refractivity contribution in [3.8, 4) is 0 Å². The van der Waals surface area contributed by atoms with E-state index in [0.29, 0.717) is 0 Å². The molecule has 29 heavy (non-hydrogen) atoms. The third kappa shape index (κ3) is 6.37. The average Bonchev–Trinajstić information content (AvgIpc) is 2.65. The van der Waals surface area contributed by atoms with Gasteiger partial charge in [0.2, 0.25) is 15.9 Å². The van der Waals surface area contributed by atoms with E-state index in [0.717, 1.165) is 17.4 Å². The normalized spacial score (nSPS) is 14.0. The van der Waals surface area contributed by atoms with Crippen molar-refractivity contribution in [3.63, 3.8) is 0 Å². The Labute approximate surface area is 174 Å². The predicted molar refractivity (Wildman–Crippen MR) is 116 cm³/mol. The average molecular weight is 418 g/mol. The summed E-state index contributed by atoms with van der Waals surface area (Å²) in [6.07, 6.45) is 4.49. The largest absolute Gasteiger partial charge is 0.337 e. The van der Waals surface area contributed by atoms with E-state index in [9.17, 15) is 13.2 Å². The number of benzene rings is 1. The molecule has 0 aliphatic rings. The molecule has 1 aromatic heterocycles. The minimum absolute atomic E-state index is 0.0148. The lowest BCUT2D eigenvalue weighted by Crippen LogP contribution is -2.47. The molecule has 7 heteroatoms. The van der Waals surface area contributed by atoms with Gasteiger partial charge >= 0.3 is 0 Å². The Morgan fingerprint density at radius 3 is 2.07 bits per heavy atom. The number of carbonyl (C=O) groups is 1. The molecule has 2 rings (SSSR count). The van der Waals surface area contributed by atoms with Gasteiger partial charge in [0.05, 0.1) is 12.2 Å². The highest BCUT2D eigenvalue weighted by Crippen LogP contribution is 2.35. The molecule has 0 bridgehead atoms. The highest BCUT2D eigenvalue weighted by molar-refractivity contribution is 7.88. The maximum atomic E-state index is 13.8. The third-order valence-electron chi connectivity index (χ3n) is 4.87. The van der Waals surface area contributed by atoms with E-state index in [1.807, 2.05) is 69.0 Å². The molecule has 0 saturated carbocycles. The molecule has 0 aliphatic heterocycles. The summed E-state index contributed by atoms with van der Waals surface area (Å²) < 4.78 is 26.3. The van der Waals surface area contributed by atoms with Crippen molar-refractivity contribution in [1.29, 1.82) is 0 Å². The number of amides is 1. The minimum Gasteiger partial charge on any atom is -0.337 e. The summed E-state index contributed by atoms with van der Waals surface area (Å²) in [7, 11) is -3.41. The number of hydrogen-bond acceptors (Lipinski definition) is 4. The number of hydrogen-bond donors (Lipinski definition) is 1. The summed E-state index contributed by atoms with van der Waals surface area (Å²) in [5, 5.41) is 0. The van der Waals surface area contributed by atoms with Gasteiger partial charge < -0.3 is 4.90 Å². The lowest BCUT2D eigenvalue weighted by molar-refractivity contribution is -0.137. The van der Waals surface area contributed by atoms with Crippen molar-refractivity contribution in [2.75, 3.05) is 12.8 Å². The highest BCUT2D eigenvalue weighted by atomic mass is 32.2. The molecule has 158 valence electrons. The van der Waals surface area contributed by atoms with Crippen LogP contribution in [0.3, 0.4) is 0 Å². The van der Waals surface area contributed by atoms with Gasteiger partial charge in [0.1, 0.15) is 0 Å². The first-order valence-electron chi connectivity index (χ1n) is 9.83. The topological polar surface area (TPSA) is 79.4 Å². The number of pyridine rings is 1. The van der Waals surface area contributed by atoms with E-state index in [1.54, 1.807) is 18.5 Å². The van der Waals surface area contributed by atoms with Crippen molar-refractivity contribution in [3.05, 3.63) is 66.0 Å². The zero-order valence-corrected chi connectivity index (χ0v) is 18.6. The summed E-state index contributed by atoms with van der Waals surface area (Å²) in [6.45, 7) is 8.09. The van der Waals surface area contributed by atoms with E-state index >= 15 is 0 Å². The van der Waals surface area contributed by atoms with Crippen molar-refractivity contribution in [1.82, 2.24) is 14.6 Å². The zero-order chi connectivity index (χ0) is 21.6. The van der Waals surface area contributed by atoms with Crippen molar-refractivity contribution in [2.45, 2.75) is 51.6 Å². The Kier molecular flexibility index (Phi) is 7.93. The molecule has 1 N–H and O–H groups in total. The number of sulfonamides is 1. The number of nitrogens with zero attached hydrogens (tertiary/aromatic N) is 2. The Balaban J connectivity index is 2.59. The molecule has 6 nitrogen and oxygen atoms in total. The summed E-state index contributed by atoms with van der Waals surface area (Å²) in [4.78, 5) is 19.9. The van der Waals surface area contributed by atoms with E-state index in [-0.39, 0.29) is 30.5 Å². The lowest BCUT2D eigenvalue weighted by Gasteiger charge is -2.37. The van der Waals surface area contributed by atoms with Crippen LogP contribution in [0, 0.1) is 0 Å². The van der Waals surface area contributed by atoms with Crippen LogP contribution in [0.4, 0.5) is 0 Å². The van der Waals surface area contributed by atoms with Crippen LogP contribution in [-0.2, 0) is 14.8 Å². The first-order chi connectivity index (χ1) is 13.6. The van der Waals surface area contributed by atoms with E-state index in [2.05, 4.69) is 9.71 Å². The molecular weight excluding hydrogens is 386 g/mol. The second kappa shape index (κ2) is 9.98. The van der Waals surface area contributed by atoms with Gasteiger partial charge in [-0.1, -0.05) is 36.4 Å². The van der Waals surface area contributed by atoms with Crippen LogP contribution >= 0.6 is 0 Å². The molecule has 2 unspecified atom stereocenters. The molecule has 0 saturated heterocycles. The first-order valence-corrected chi connectivity index (χ1v) is 11.7. The van der Waals surface area contributed by atoms with Crippen LogP contribution in [-0.4, -0.2) is 49.1 Å². The fraction of sp³-hybridized carbons (Fsp3) is 0.455. The molecule has 0 aliphatic carbocycles. The predicted octanol–water partition coefficient (Wildman–Crippen LogP) is 3.14. The minimum atomic E-state index is -3.41. The van der Waals surface area contributed by atoms with E-state index < -0.39 is 15.9 Å². The Hall–Kier alpha value is -2.25. The number of nitrogens with one attached hydrogen (secondary N) is 1. The molecular formula is C22H31N3O3S. The number of aromatic nitrogens is 1. The monoisotopic (exact) mass is 417 g/mol. The van der Waals surface area contributed by atoms with E-state index in [4.69, 9.17) is 0 Å². The molecule has 2 aromatic rings. The second-order valence-electron chi connectivity index (χ2n) is 7.83. The standard InChI is InChI=1S/C22H31N3O3S/c1-16(2)25(17(3)4)22(26)21(19-12-9-13-23-14-19)20(15-24-29(5,27)28)18-10-7-6-8-11-18/h6-14,16-17,20-21,24H,15H2,1-5H3. The smallest absolute Gasteiger partial charge is 0.231 e. The summed E-state index contributed by atoms with van der Waals surface area (Å²) in [6, 6.07) is 13.3. The van der Waals surface area contributed by atoms with Gasteiger partial charge in [0, 0.05) is 36.9 Å². The van der Waals surface area contributed by atoms with Gasteiger partial charge in [0.15, 0.2) is 0 Å². The molecule has 0 spiro atoms. The van der Waals surface area contributed by atoms with Crippen LogP contribution < -0.4 is 4.72 Å². The molecule has 0 fully saturated rings. The maximum Gasteiger partial charge on any atom is 0.231 e. The lowest BCUT2D eigenvalue weighted by atomic mass is 9.80. The van der Waals surface area contributed by atoms with Gasteiger partial charge in [0.25, 0.3) is 0 Å². The number of carbonyl (C=O) groups excluding carboxylic acids is 1. The molecule has 0 radical (unpaired) electrons. The summed E-state index contributed by atoms with van der Waals surface area (Å²) >= 11 is 0. The van der Waals surface area contributed by atoms with E-state index in [1.165, 1.54) is 0 Å². The quantitative estimate of drug-likeness (QED) is 0.680. The highest BCUT2D eigenvalue weighted by Gasteiger charge is 2.36. The van der Waals surface area contributed by atoms with Crippen LogP contribution in [0.1, 0.15) is 50.7 Å². The zero-order valence-electron chi connectivity index (χ0n) is 17.7. The molecule has 1 amide bonds. The molecule has 1 aromatic carbocycles. The van der Waals surface area contributed by atoms with Crippen molar-refractivity contribution in [2.24, 2.45) is 0 Å². The Morgan fingerprint density at radius 2 is 1.59 bits per heavy atom. The van der Waals surface area contributed by atoms with Gasteiger partial charge in [-0.25, -0.2) is 13.1 Å². The van der Waals surface area contributed by atoms with Crippen LogP contribution in [0.5, 0.6) is 0 Å². The molecule has 1 heterocycles. The SMILES string of the molecule is CC(C)N(C(=O)C(c1cccnc1)C(CNS(C)(=O)=O)c1ccccc1)C(C)C. The maximum absolute atomic E-state index is 13.8. The van der Waals surface area contributed by atoms with Gasteiger partial charge in [-0.05, 0) is 44.9 Å². The van der Waals surface area contributed by atoms with Crippen LogP contribution in [0.15, 0.2) is 54.9 Å². The third-order valence-corrected chi connectivity index (χ3v) is 5.56. The Morgan fingerprint density at radius 1 is 1.00 bits per heavy atom. The second-order valence-corrected chi connectivity index (χ2v) is 9.67. The summed E-state index contributed by atoms with van der Waals surface area (Å²) in [5.41, 5.74) is 1.67. The van der Waals surface area contributed by atoms with Crippen LogP contribution in [0.25, 0.3) is 0 Å². The van der Waals surface area contributed by atoms with Gasteiger partial charge in [-0.15, -0.1) is 0 Å². The van der Waals surface area contributed by atoms with Gasteiger partial charge in [-0.3, -0.25) is 9.78 Å².